The predicted molar refractivity (Wildman–Crippen MR) is 129 cm³/mol. The van der Waals surface area contributed by atoms with E-state index in [1.54, 1.807) is 24.5 Å². The van der Waals surface area contributed by atoms with Crippen LogP contribution in [0.5, 0.6) is 5.75 Å². The lowest BCUT2D eigenvalue weighted by molar-refractivity contribution is 0.483. The van der Waals surface area contributed by atoms with Crippen molar-refractivity contribution >= 4 is 43.2 Å². The van der Waals surface area contributed by atoms with Crippen LogP contribution in [-0.2, 0) is 6.54 Å². The van der Waals surface area contributed by atoms with Crippen molar-refractivity contribution in [1.82, 2.24) is 14.5 Å². The molecule has 9 heteroatoms. The van der Waals surface area contributed by atoms with Gasteiger partial charge in [0.2, 0.25) is 0 Å². The van der Waals surface area contributed by atoms with E-state index in [0.717, 1.165) is 35.8 Å². The summed E-state index contributed by atoms with van der Waals surface area (Å²) in [6.45, 7) is 0.144. The summed E-state index contributed by atoms with van der Waals surface area (Å²) in [5, 5.41) is 11.5. The second kappa shape index (κ2) is 7.85. The number of nitrogens with zero attached hydrogens (tertiary/aromatic N) is 3. The monoisotopic (exact) mass is 495 g/mol. The van der Waals surface area contributed by atoms with Crippen molar-refractivity contribution in [1.29, 1.82) is 0 Å². The van der Waals surface area contributed by atoms with Crippen LogP contribution in [0.2, 0.25) is 5.02 Å². The first-order valence-electron chi connectivity index (χ1n) is 10.6. The van der Waals surface area contributed by atoms with Crippen LogP contribution >= 0.6 is 22.9 Å². The first-order valence-corrected chi connectivity index (χ1v) is 11.8. The largest absolute Gasteiger partial charge is 0.505 e. The van der Waals surface area contributed by atoms with Gasteiger partial charge in [0, 0.05) is 23.3 Å². The van der Waals surface area contributed by atoms with E-state index < -0.39 is 11.6 Å². The normalized spacial score (nSPS) is 13.7. The van der Waals surface area contributed by atoms with Gasteiger partial charge in [-0.25, -0.2) is 13.8 Å². The molecule has 1 N–H and O–H groups in total. The summed E-state index contributed by atoms with van der Waals surface area (Å²) in [6, 6.07) is 9.14. The van der Waals surface area contributed by atoms with Crippen molar-refractivity contribution in [3.63, 3.8) is 0 Å². The van der Waals surface area contributed by atoms with Crippen LogP contribution in [0, 0.1) is 11.6 Å². The fourth-order valence-electron chi connectivity index (χ4n) is 4.30. The number of benzene rings is 2. The number of thiophene rings is 1. The molecule has 0 bridgehead atoms. The molecular formula is C25H16ClF2N3O2S. The highest BCUT2D eigenvalue weighted by molar-refractivity contribution is 7.25. The predicted octanol–water partition coefficient (Wildman–Crippen LogP) is 6.24. The molecule has 0 aliphatic heterocycles. The van der Waals surface area contributed by atoms with E-state index in [-0.39, 0.29) is 34.6 Å². The number of aromatic hydroxyl groups is 1. The maximum absolute atomic E-state index is 14.4. The van der Waals surface area contributed by atoms with Crippen molar-refractivity contribution in [2.75, 3.05) is 0 Å². The lowest BCUT2D eigenvalue weighted by Gasteiger charge is -2.16. The Morgan fingerprint density at radius 2 is 1.97 bits per heavy atom. The van der Waals surface area contributed by atoms with Crippen LogP contribution < -0.4 is 5.56 Å². The summed E-state index contributed by atoms with van der Waals surface area (Å²) >= 11 is 7.22. The van der Waals surface area contributed by atoms with Crippen LogP contribution in [-0.4, -0.2) is 19.6 Å². The summed E-state index contributed by atoms with van der Waals surface area (Å²) in [5.41, 5.74) is 1.44. The second-order valence-corrected chi connectivity index (χ2v) is 9.78. The molecule has 6 rings (SSSR count). The van der Waals surface area contributed by atoms with Crippen molar-refractivity contribution in [3.8, 4) is 17.1 Å². The van der Waals surface area contributed by atoms with Crippen LogP contribution in [0.3, 0.4) is 0 Å². The minimum atomic E-state index is -0.998. The van der Waals surface area contributed by atoms with E-state index in [4.69, 9.17) is 16.6 Å². The Balaban J connectivity index is 1.70. The second-order valence-electron chi connectivity index (χ2n) is 8.37. The van der Waals surface area contributed by atoms with Gasteiger partial charge >= 0.3 is 0 Å². The van der Waals surface area contributed by atoms with Crippen molar-refractivity contribution < 1.29 is 13.9 Å². The zero-order valence-electron chi connectivity index (χ0n) is 17.6. The molecule has 3 aromatic heterocycles. The third kappa shape index (κ3) is 3.36. The molecule has 1 fully saturated rings. The van der Waals surface area contributed by atoms with Crippen molar-refractivity contribution in [2.24, 2.45) is 0 Å². The van der Waals surface area contributed by atoms with Crippen LogP contribution in [0.4, 0.5) is 8.78 Å². The molecule has 0 unspecified atom stereocenters. The fourth-order valence-corrected chi connectivity index (χ4v) is 5.62. The number of rotatable bonds is 4. The molecule has 2 aromatic carbocycles. The number of hydrogen-bond acceptors (Lipinski definition) is 5. The van der Waals surface area contributed by atoms with E-state index in [1.165, 1.54) is 16.7 Å². The molecule has 5 nitrogen and oxygen atoms in total. The van der Waals surface area contributed by atoms with E-state index >= 15 is 0 Å². The Labute approximate surface area is 200 Å². The molecule has 170 valence electrons. The molecule has 0 radical (unpaired) electrons. The molecular weight excluding hydrogens is 480 g/mol. The molecule has 1 aliphatic carbocycles. The topological polar surface area (TPSA) is 68.0 Å². The number of fused-ring (bicyclic) bond motifs is 3. The van der Waals surface area contributed by atoms with Gasteiger partial charge in [-0.05, 0) is 54.2 Å². The van der Waals surface area contributed by atoms with Crippen LogP contribution in [0.25, 0.3) is 31.7 Å². The molecule has 0 spiro atoms. The number of hydrogen-bond donors (Lipinski definition) is 1. The maximum atomic E-state index is 14.4. The smallest absolute Gasteiger partial charge is 0.263 e. The Morgan fingerprint density at radius 1 is 1.18 bits per heavy atom. The first-order chi connectivity index (χ1) is 16.4. The number of phenols is 1. The quantitative estimate of drug-likeness (QED) is 0.320. The molecule has 0 saturated heterocycles. The third-order valence-electron chi connectivity index (χ3n) is 6.10. The minimum Gasteiger partial charge on any atom is -0.505 e. The molecule has 0 amide bonds. The molecule has 0 atom stereocenters. The SMILES string of the molecule is O=c1c2c(nc(-c3cc(F)c(F)cc3C3CC3)n1Cc1cccnc1)sc1c(O)c(Cl)ccc12. The summed E-state index contributed by atoms with van der Waals surface area (Å²) in [4.78, 5) is 23.2. The molecule has 5 aromatic rings. The Hall–Kier alpha value is -3.36. The minimum absolute atomic E-state index is 0.0924. The van der Waals surface area contributed by atoms with Gasteiger partial charge in [-0.2, -0.15) is 0 Å². The Bertz CT molecular complexity index is 1660. The van der Waals surface area contributed by atoms with Gasteiger partial charge in [-0.1, -0.05) is 23.7 Å². The van der Waals surface area contributed by atoms with Crippen molar-refractivity contribution in [2.45, 2.75) is 25.3 Å². The van der Waals surface area contributed by atoms with E-state index in [2.05, 4.69) is 4.98 Å². The average Bonchev–Trinajstić information content (AvgIpc) is 3.61. The highest BCUT2D eigenvalue weighted by atomic mass is 35.5. The standard InChI is InChI=1S/C25H16ClF2N3O2S/c26-17-6-5-14-20-24(34-22(14)21(17)32)30-23(31(25(20)33)11-12-2-1-7-29-10-12)16-9-19(28)18(27)8-15(16)13-3-4-13/h1-2,5-10,13,32H,3-4,11H2. The number of aromatic nitrogens is 3. The number of pyridine rings is 1. The van der Waals surface area contributed by atoms with Gasteiger partial charge in [-0.3, -0.25) is 14.3 Å². The highest BCUT2D eigenvalue weighted by Crippen LogP contribution is 2.46. The fraction of sp³-hybridized carbons (Fsp3) is 0.160. The molecule has 34 heavy (non-hydrogen) atoms. The van der Waals surface area contributed by atoms with E-state index in [9.17, 15) is 18.7 Å². The van der Waals surface area contributed by atoms with E-state index in [1.807, 2.05) is 6.07 Å². The highest BCUT2D eigenvalue weighted by Gasteiger charge is 2.30. The lowest BCUT2D eigenvalue weighted by Crippen LogP contribution is -2.24. The molecule has 1 saturated carbocycles. The van der Waals surface area contributed by atoms with Crippen LogP contribution in [0.1, 0.15) is 29.9 Å². The van der Waals surface area contributed by atoms with Crippen molar-refractivity contribution in [3.05, 3.63) is 86.9 Å². The zero-order chi connectivity index (χ0) is 23.6. The van der Waals surface area contributed by atoms with Crippen LogP contribution in [0.15, 0.2) is 53.6 Å². The number of phenolic OH excluding ortho intramolecular Hbond substituents is 1. The maximum Gasteiger partial charge on any atom is 0.263 e. The summed E-state index contributed by atoms with van der Waals surface area (Å²) in [5.74, 6) is -1.70. The molecule has 1 aliphatic rings. The van der Waals surface area contributed by atoms with Gasteiger partial charge in [0.05, 0.1) is 21.7 Å². The van der Waals surface area contributed by atoms with Gasteiger partial charge in [0.25, 0.3) is 5.56 Å². The Morgan fingerprint density at radius 3 is 2.71 bits per heavy atom. The van der Waals surface area contributed by atoms with E-state index in [0.29, 0.717) is 31.4 Å². The van der Waals surface area contributed by atoms with Gasteiger partial charge < -0.3 is 5.11 Å². The molecule has 3 heterocycles. The number of halogens is 3. The summed E-state index contributed by atoms with van der Waals surface area (Å²) < 4.78 is 30.5. The van der Waals surface area contributed by atoms with Gasteiger partial charge in [0.1, 0.15) is 10.7 Å². The third-order valence-corrected chi connectivity index (χ3v) is 7.51. The summed E-state index contributed by atoms with van der Waals surface area (Å²) in [7, 11) is 0. The average molecular weight is 496 g/mol. The lowest BCUT2D eigenvalue weighted by atomic mass is 10.0. The van der Waals surface area contributed by atoms with Gasteiger partial charge in [-0.15, -0.1) is 11.3 Å². The first kappa shape index (κ1) is 21.2. The zero-order valence-corrected chi connectivity index (χ0v) is 19.1. The Kier molecular flexibility index (Phi) is 4.89. The summed E-state index contributed by atoms with van der Waals surface area (Å²) in [6.07, 6.45) is 5.00. The van der Waals surface area contributed by atoms with Gasteiger partial charge in [0.15, 0.2) is 17.4 Å².